The standard InChI is InChI=1S/C13H20N4O2.ClH/c18-13-7-12(16-3-5-19-6-4-16)9-15-17(13)10-11-1-2-14-8-11;/h7,9,11,14H,1-6,8,10H2;1H. The molecule has 7 heteroatoms. The fourth-order valence-corrected chi connectivity index (χ4v) is 2.67. The van der Waals surface area contributed by atoms with Crippen molar-refractivity contribution >= 4 is 18.1 Å². The summed E-state index contributed by atoms with van der Waals surface area (Å²) in [6, 6.07) is 1.70. The van der Waals surface area contributed by atoms with E-state index in [4.69, 9.17) is 4.74 Å². The number of rotatable bonds is 3. The summed E-state index contributed by atoms with van der Waals surface area (Å²) in [5, 5.41) is 7.62. The summed E-state index contributed by atoms with van der Waals surface area (Å²) in [6.45, 7) is 5.85. The van der Waals surface area contributed by atoms with E-state index in [1.165, 1.54) is 0 Å². The van der Waals surface area contributed by atoms with Gasteiger partial charge in [0, 0.05) is 25.7 Å². The Morgan fingerprint density at radius 1 is 1.40 bits per heavy atom. The molecule has 20 heavy (non-hydrogen) atoms. The molecular formula is C13H21ClN4O2. The van der Waals surface area contributed by atoms with Crippen molar-refractivity contribution in [3.05, 3.63) is 22.6 Å². The molecule has 3 heterocycles. The van der Waals surface area contributed by atoms with Gasteiger partial charge in [-0.2, -0.15) is 5.10 Å². The summed E-state index contributed by atoms with van der Waals surface area (Å²) in [5.74, 6) is 0.527. The van der Waals surface area contributed by atoms with Crippen molar-refractivity contribution in [2.24, 2.45) is 5.92 Å². The van der Waals surface area contributed by atoms with Crippen LogP contribution < -0.4 is 15.8 Å². The van der Waals surface area contributed by atoms with Gasteiger partial charge in [0.1, 0.15) is 0 Å². The highest BCUT2D eigenvalue weighted by atomic mass is 35.5. The van der Waals surface area contributed by atoms with E-state index in [-0.39, 0.29) is 18.0 Å². The third-order valence-electron chi connectivity index (χ3n) is 3.82. The van der Waals surface area contributed by atoms with E-state index in [9.17, 15) is 4.79 Å². The van der Waals surface area contributed by atoms with E-state index in [1.54, 1.807) is 16.9 Å². The molecule has 0 spiro atoms. The van der Waals surface area contributed by atoms with Crippen LogP contribution in [0.1, 0.15) is 6.42 Å². The Morgan fingerprint density at radius 2 is 2.20 bits per heavy atom. The fraction of sp³-hybridized carbons (Fsp3) is 0.692. The molecule has 6 nitrogen and oxygen atoms in total. The number of morpholine rings is 1. The van der Waals surface area contributed by atoms with Gasteiger partial charge in [0.05, 0.1) is 25.1 Å². The molecule has 2 saturated heterocycles. The molecule has 1 aromatic rings. The Kier molecular flexibility index (Phi) is 5.39. The van der Waals surface area contributed by atoms with Crippen LogP contribution in [0.5, 0.6) is 0 Å². The highest BCUT2D eigenvalue weighted by Gasteiger charge is 2.17. The highest BCUT2D eigenvalue weighted by Crippen LogP contribution is 2.13. The topological polar surface area (TPSA) is 59.4 Å². The summed E-state index contributed by atoms with van der Waals surface area (Å²) in [4.78, 5) is 14.2. The zero-order valence-electron chi connectivity index (χ0n) is 11.5. The van der Waals surface area contributed by atoms with Gasteiger partial charge in [-0.05, 0) is 25.4 Å². The van der Waals surface area contributed by atoms with Crippen LogP contribution in [0.3, 0.4) is 0 Å². The van der Waals surface area contributed by atoms with E-state index < -0.39 is 0 Å². The zero-order valence-corrected chi connectivity index (χ0v) is 12.3. The van der Waals surface area contributed by atoms with Crippen molar-refractivity contribution in [1.29, 1.82) is 0 Å². The molecule has 0 aliphatic carbocycles. The van der Waals surface area contributed by atoms with Crippen molar-refractivity contribution in [2.75, 3.05) is 44.3 Å². The number of nitrogens with one attached hydrogen (secondary N) is 1. The van der Waals surface area contributed by atoms with Crippen LogP contribution in [0.2, 0.25) is 0 Å². The smallest absolute Gasteiger partial charge is 0.268 e. The number of hydrogen-bond donors (Lipinski definition) is 1. The third kappa shape index (κ3) is 3.50. The van der Waals surface area contributed by atoms with Gasteiger partial charge in [0.25, 0.3) is 5.56 Å². The second kappa shape index (κ2) is 7.06. The largest absolute Gasteiger partial charge is 0.378 e. The molecule has 0 saturated carbocycles. The lowest BCUT2D eigenvalue weighted by Gasteiger charge is -2.28. The van der Waals surface area contributed by atoms with Gasteiger partial charge < -0.3 is 15.0 Å². The van der Waals surface area contributed by atoms with Gasteiger partial charge >= 0.3 is 0 Å². The van der Waals surface area contributed by atoms with Crippen molar-refractivity contribution in [1.82, 2.24) is 15.1 Å². The maximum atomic E-state index is 12.1. The molecule has 0 radical (unpaired) electrons. The summed E-state index contributed by atoms with van der Waals surface area (Å²) in [6.07, 6.45) is 2.93. The number of aromatic nitrogens is 2. The van der Waals surface area contributed by atoms with E-state index in [2.05, 4.69) is 15.3 Å². The molecule has 112 valence electrons. The summed E-state index contributed by atoms with van der Waals surface area (Å²) < 4.78 is 6.90. The first-order chi connectivity index (χ1) is 9.33. The van der Waals surface area contributed by atoms with E-state index in [0.717, 1.165) is 58.0 Å². The summed E-state index contributed by atoms with van der Waals surface area (Å²) >= 11 is 0. The third-order valence-corrected chi connectivity index (χ3v) is 3.82. The van der Waals surface area contributed by atoms with Crippen LogP contribution in [0, 0.1) is 5.92 Å². The van der Waals surface area contributed by atoms with Gasteiger partial charge in [-0.3, -0.25) is 4.79 Å². The average Bonchev–Trinajstić information content (AvgIpc) is 2.95. The Morgan fingerprint density at radius 3 is 2.85 bits per heavy atom. The van der Waals surface area contributed by atoms with Crippen LogP contribution in [-0.4, -0.2) is 49.2 Å². The highest BCUT2D eigenvalue weighted by molar-refractivity contribution is 5.85. The zero-order chi connectivity index (χ0) is 13.1. The molecule has 1 aromatic heterocycles. The first-order valence-corrected chi connectivity index (χ1v) is 6.93. The molecule has 0 amide bonds. The lowest BCUT2D eigenvalue weighted by atomic mass is 10.1. The lowest BCUT2D eigenvalue weighted by molar-refractivity contribution is 0.122. The normalized spacial score (nSPS) is 22.6. The SMILES string of the molecule is Cl.O=c1cc(N2CCOCC2)cnn1CC1CCNC1. The molecule has 2 fully saturated rings. The number of halogens is 1. The first-order valence-electron chi connectivity index (χ1n) is 6.93. The number of hydrogen-bond acceptors (Lipinski definition) is 5. The minimum atomic E-state index is -0.00380. The van der Waals surface area contributed by atoms with Crippen molar-refractivity contribution in [3.8, 4) is 0 Å². The van der Waals surface area contributed by atoms with Crippen LogP contribution in [0.4, 0.5) is 5.69 Å². The lowest BCUT2D eigenvalue weighted by Crippen LogP contribution is -2.37. The summed E-state index contributed by atoms with van der Waals surface area (Å²) in [7, 11) is 0. The van der Waals surface area contributed by atoms with Crippen molar-refractivity contribution in [2.45, 2.75) is 13.0 Å². The second-order valence-electron chi connectivity index (χ2n) is 5.19. The Labute approximate surface area is 124 Å². The van der Waals surface area contributed by atoms with E-state index >= 15 is 0 Å². The predicted octanol–water partition coefficient (Wildman–Crippen LogP) is 0.111. The Balaban J connectivity index is 0.00000147. The first kappa shape index (κ1) is 15.3. The quantitative estimate of drug-likeness (QED) is 0.859. The Bertz CT molecular complexity index is 482. The molecule has 3 rings (SSSR count). The monoisotopic (exact) mass is 300 g/mol. The molecule has 0 aromatic carbocycles. The molecule has 1 unspecified atom stereocenters. The molecular weight excluding hydrogens is 280 g/mol. The van der Waals surface area contributed by atoms with Gasteiger partial charge in [-0.25, -0.2) is 4.68 Å². The van der Waals surface area contributed by atoms with Crippen molar-refractivity contribution in [3.63, 3.8) is 0 Å². The van der Waals surface area contributed by atoms with Gasteiger partial charge in [0.15, 0.2) is 0 Å². The van der Waals surface area contributed by atoms with Crippen molar-refractivity contribution < 1.29 is 4.74 Å². The van der Waals surface area contributed by atoms with Crippen LogP contribution in [-0.2, 0) is 11.3 Å². The number of nitrogens with zero attached hydrogens (tertiary/aromatic N) is 3. The second-order valence-corrected chi connectivity index (χ2v) is 5.19. The molecule has 0 bridgehead atoms. The maximum absolute atomic E-state index is 12.1. The molecule has 2 aliphatic heterocycles. The average molecular weight is 301 g/mol. The predicted molar refractivity (Wildman–Crippen MR) is 79.8 cm³/mol. The molecule has 2 aliphatic rings. The summed E-state index contributed by atoms with van der Waals surface area (Å²) in [5.41, 5.74) is 0.907. The fourth-order valence-electron chi connectivity index (χ4n) is 2.67. The minimum Gasteiger partial charge on any atom is -0.378 e. The van der Waals surface area contributed by atoms with E-state index in [1.807, 2.05) is 0 Å². The maximum Gasteiger partial charge on any atom is 0.268 e. The van der Waals surface area contributed by atoms with Gasteiger partial charge in [0.2, 0.25) is 0 Å². The van der Waals surface area contributed by atoms with Crippen LogP contribution in [0.25, 0.3) is 0 Å². The Hall–Kier alpha value is -1.11. The van der Waals surface area contributed by atoms with E-state index in [0.29, 0.717) is 5.92 Å². The number of ether oxygens (including phenoxy) is 1. The molecule has 1 atom stereocenters. The van der Waals surface area contributed by atoms with Gasteiger partial charge in [-0.1, -0.05) is 0 Å². The molecule has 1 N–H and O–H groups in total. The van der Waals surface area contributed by atoms with Gasteiger partial charge in [-0.15, -0.1) is 12.4 Å². The minimum absolute atomic E-state index is 0. The van der Waals surface area contributed by atoms with Crippen LogP contribution in [0.15, 0.2) is 17.1 Å². The number of anilines is 1. The van der Waals surface area contributed by atoms with Crippen LogP contribution >= 0.6 is 12.4 Å².